The second-order valence-electron chi connectivity index (χ2n) is 5.68. The van der Waals surface area contributed by atoms with Gasteiger partial charge in [-0.15, -0.1) is 0 Å². The van der Waals surface area contributed by atoms with Crippen LogP contribution in [0.2, 0.25) is 0 Å². The van der Waals surface area contributed by atoms with Gasteiger partial charge in [-0.1, -0.05) is 0 Å². The van der Waals surface area contributed by atoms with E-state index in [1.165, 1.54) is 55.7 Å². The SMILES string of the molecule is CCOc1ccc(C(=O)O)cc1/C=C(\C#N)C(=O)Nc1ccc(C(=O)OC)cc1. The Morgan fingerprint density at radius 2 is 1.79 bits per heavy atom. The number of benzene rings is 2. The van der Waals surface area contributed by atoms with Crippen molar-refractivity contribution >= 4 is 29.6 Å². The third-order valence-corrected chi connectivity index (χ3v) is 3.79. The number of carbonyl (C=O) groups is 3. The second-order valence-corrected chi connectivity index (χ2v) is 5.68. The van der Waals surface area contributed by atoms with Gasteiger partial charge in [-0.3, -0.25) is 4.79 Å². The summed E-state index contributed by atoms with van der Waals surface area (Å²) < 4.78 is 10.0. The molecule has 0 bridgehead atoms. The van der Waals surface area contributed by atoms with Crippen molar-refractivity contribution in [3.8, 4) is 11.8 Å². The van der Waals surface area contributed by atoms with Crippen LogP contribution < -0.4 is 10.1 Å². The summed E-state index contributed by atoms with van der Waals surface area (Å²) in [6.07, 6.45) is 1.26. The molecule has 0 heterocycles. The number of hydrogen-bond donors (Lipinski definition) is 2. The third-order valence-electron chi connectivity index (χ3n) is 3.79. The Morgan fingerprint density at radius 1 is 1.14 bits per heavy atom. The van der Waals surface area contributed by atoms with E-state index < -0.39 is 17.8 Å². The number of methoxy groups -OCH3 is 1. The van der Waals surface area contributed by atoms with Crippen molar-refractivity contribution in [2.45, 2.75) is 6.92 Å². The van der Waals surface area contributed by atoms with E-state index in [2.05, 4.69) is 10.1 Å². The molecule has 2 rings (SSSR count). The maximum absolute atomic E-state index is 12.5. The van der Waals surface area contributed by atoms with Gasteiger partial charge in [0.15, 0.2) is 0 Å². The number of rotatable bonds is 7. The summed E-state index contributed by atoms with van der Waals surface area (Å²) in [7, 11) is 1.26. The zero-order valence-corrected chi connectivity index (χ0v) is 15.8. The lowest BCUT2D eigenvalue weighted by molar-refractivity contribution is -0.112. The molecule has 0 aliphatic rings. The summed E-state index contributed by atoms with van der Waals surface area (Å²) in [6.45, 7) is 2.09. The molecule has 0 fully saturated rings. The summed E-state index contributed by atoms with van der Waals surface area (Å²) >= 11 is 0. The number of carbonyl (C=O) groups excluding carboxylic acids is 2. The van der Waals surface area contributed by atoms with Gasteiger partial charge in [0.2, 0.25) is 0 Å². The van der Waals surface area contributed by atoms with Gasteiger partial charge in [0.05, 0.1) is 24.8 Å². The number of esters is 1. The molecule has 148 valence electrons. The highest BCUT2D eigenvalue weighted by atomic mass is 16.5. The average Bonchev–Trinajstić information content (AvgIpc) is 2.72. The average molecular weight is 394 g/mol. The molecule has 8 heteroatoms. The topological polar surface area (TPSA) is 126 Å². The fraction of sp³-hybridized carbons (Fsp3) is 0.143. The molecule has 0 aliphatic carbocycles. The summed E-state index contributed by atoms with van der Waals surface area (Å²) in [5.74, 6) is -2.00. The van der Waals surface area contributed by atoms with Gasteiger partial charge in [0, 0.05) is 11.3 Å². The van der Waals surface area contributed by atoms with Crippen LogP contribution in [0.5, 0.6) is 5.75 Å². The van der Waals surface area contributed by atoms with Crippen LogP contribution in [0.15, 0.2) is 48.0 Å². The van der Waals surface area contributed by atoms with E-state index in [-0.39, 0.29) is 11.1 Å². The Kier molecular flexibility index (Phi) is 7.09. The third kappa shape index (κ3) is 5.43. The number of aromatic carboxylic acids is 1. The molecule has 2 N–H and O–H groups in total. The zero-order chi connectivity index (χ0) is 21.4. The Balaban J connectivity index is 2.30. The Hall–Kier alpha value is -4.12. The minimum atomic E-state index is -1.14. The zero-order valence-electron chi connectivity index (χ0n) is 15.8. The molecule has 2 aromatic carbocycles. The minimum absolute atomic E-state index is 0.00389. The van der Waals surface area contributed by atoms with Gasteiger partial charge < -0.3 is 19.9 Å². The molecular formula is C21H18N2O6. The van der Waals surface area contributed by atoms with E-state index in [1.54, 1.807) is 13.0 Å². The number of ether oxygens (including phenoxy) is 2. The highest BCUT2D eigenvalue weighted by Crippen LogP contribution is 2.24. The van der Waals surface area contributed by atoms with Crippen LogP contribution in [0.25, 0.3) is 6.08 Å². The number of nitriles is 1. The normalized spacial score (nSPS) is 10.6. The van der Waals surface area contributed by atoms with Crippen LogP contribution in [0.3, 0.4) is 0 Å². The second kappa shape index (κ2) is 9.71. The number of hydrogen-bond acceptors (Lipinski definition) is 6. The monoisotopic (exact) mass is 394 g/mol. The van der Waals surface area contributed by atoms with E-state index in [9.17, 15) is 19.6 Å². The quantitative estimate of drug-likeness (QED) is 0.420. The molecule has 29 heavy (non-hydrogen) atoms. The number of nitrogens with one attached hydrogen (secondary N) is 1. The number of amides is 1. The molecule has 2 aromatic rings. The number of carboxylic acid groups (broad SMARTS) is 1. The van der Waals surface area contributed by atoms with Crippen molar-refractivity contribution in [1.29, 1.82) is 5.26 Å². The highest BCUT2D eigenvalue weighted by Gasteiger charge is 2.14. The minimum Gasteiger partial charge on any atom is -0.493 e. The van der Waals surface area contributed by atoms with Crippen molar-refractivity contribution in [2.75, 3.05) is 19.0 Å². The van der Waals surface area contributed by atoms with Crippen molar-refractivity contribution in [1.82, 2.24) is 0 Å². The standard InChI is InChI=1S/C21H18N2O6/c1-3-29-18-9-6-14(20(25)26)10-15(18)11-16(12-22)19(24)23-17-7-4-13(5-8-17)21(27)28-2/h4-11H,3H2,1-2H3,(H,23,24)(H,25,26)/b16-11+. The molecule has 0 saturated heterocycles. The van der Waals surface area contributed by atoms with Crippen LogP contribution in [-0.2, 0) is 9.53 Å². The molecular weight excluding hydrogens is 376 g/mol. The Labute approximate surface area is 167 Å². The molecule has 1 amide bonds. The summed E-state index contributed by atoms with van der Waals surface area (Å²) in [5, 5.41) is 21.1. The van der Waals surface area contributed by atoms with E-state index >= 15 is 0 Å². The summed E-state index contributed by atoms with van der Waals surface area (Å²) in [5.41, 5.74) is 0.724. The lowest BCUT2D eigenvalue weighted by Gasteiger charge is -2.09. The number of anilines is 1. The van der Waals surface area contributed by atoms with E-state index in [1.807, 2.05) is 0 Å². The summed E-state index contributed by atoms with van der Waals surface area (Å²) in [4.78, 5) is 35.1. The largest absolute Gasteiger partial charge is 0.493 e. The van der Waals surface area contributed by atoms with Gasteiger partial charge in [0.25, 0.3) is 5.91 Å². The maximum atomic E-state index is 12.5. The van der Waals surface area contributed by atoms with Crippen LogP contribution in [0.1, 0.15) is 33.2 Å². The summed E-state index contributed by atoms with van der Waals surface area (Å²) in [6, 6.07) is 11.9. The Bertz CT molecular complexity index is 1000. The molecule has 0 atom stereocenters. The lowest BCUT2D eigenvalue weighted by atomic mass is 10.1. The molecule has 0 radical (unpaired) electrons. The van der Waals surface area contributed by atoms with Gasteiger partial charge in [-0.2, -0.15) is 5.26 Å². The first-order valence-electron chi connectivity index (χ1n) is 8.51. The lowest BCUT2D eigenvalue weighted by Crippen LogP contribution is -2.14. The van der Waals surface area contributed by atoms with Crippen LogP contribution >= 0.6 is 0 Å². The van der Waals surface area contributed by atoms with Crippen LogP contribution in [0.4, 0.5) is 5.69 Å². The van der Waals surface area contributed by atoms with Gasteiger partial charge >= 0.3 is 11.9 Å². The predicted octanol–water partition coefficient (Wildman–Crippen LogP) is 3.12. The first-order chi connectivity index (χ1) is 13.9. The van der Waals surface area contributed by atoms with Crippen molar-refractivity contribution in [3.05, 3.63) is 64.7 Å². The first kappa shape index (κ1) is 21.2. The fourth-order valence-corrected chi connectivity index (χ4v) is 2.39. The van der Waals surface area contributed by atoms with E-state index in [0.29, 0.717) is 29.2 Å². The maximum Gasteiger partial charge on any atom is 0.337 e. The first-order valence-corrected chi connectivity index (χ1v) is 8.51. The molecule has 0 unspecified atom stereocenters. The predicted molar refractivity (Wildman–Crippen MR) is 105 cm³/mol. The van der Waals surface area contributed by atoms with Gasteiger partial charge in [0.1, 0.15) is 17.4 Å². The molecule has 8 nitrogen and oxygen atoms in total. The number of carboxylic acids is 1. The van der Waals surface area contributed by atoms with Crippen LogP contribution in [0, 0.1) is 11.3 Å². The van der Waals surface area contributed by atoms with Gasteiger partial charge in [-0.05, 0) is 55.5 Å². The van der Waals surface area contributed by atoms with Crippen LogP contribution in [-0.4, -0.2) is 36.7 Å². The van der Waals surface area contributed by atoms with Gasteiger partial charge in [-0.25, -0.2) is 9.59 Å². The fourth-order valence-electron chi connectivity index (χ4n) is 2.39. The molecule has 0 aliphatic heterocycles. The van der Waals surface area contributed by atoms with Crippen molar-refractivity contribution < 1.29 is 29.0 Å². The number of nitrogens with zero attached hydrogens (tertiary/aromatic N) is 1. The van der Waals surface area contributed by atoms with Crippen molar-refractivity contribution in [2.24, 2.45) is 0 Å². The molecule has 0 spiro atoms. The Morgan fingerprint density at radius 3 is 2.34 bits per heavy atom. The van der Waals surface area contributed by atoms with E-state index in [4.69, 9.17) is 9.84 Å². The molecule has 0 aromatic heterocycles. The van der Waals surface area contributed by atoms with Crippen molar-refractivity contribution in [3.63, 3.8) is 0 Å². The molecule has 0 saturated carbocycles. The highest BCUT2D eigenvalue weighted by molar-refractivity contribution is 6.10. The van der Waals surface area contributed by atoms with E-state index in [0.717, 1.165) is 0 Å². The smallest absolute Gasteiger partial charge is 0.337 e.